The Bertz CT molecular complexity index is 357. The first-order chi connectivity index (χ1) is 7.63. The van der Waals surface area contributed by atoms with Crippen LogP contribution in [0.1, 0.15) is 24.9 Å². The van der Waals surface area contributed by atoms with Gasteiger partial charge >= 0.3 is 0 Å². The average molecular weight is 260 g/mol. The summed E-state index contributed by atoms with van der Waals surface area (Å²) in [6, 6.07) is 8.17. The summed E-state index contributed by atoms with van der Waals surface area (Å²) in [5.41, 5.74) is 1.19. The van der Waals surface area contributed by atoms with Gasteiger partial charge in [-0.25, -0.2) is 0 Å². The highest BCUT2D eigenvalue weighted by molar-refractivity contribution is 7.84. The van der Waals surface area contributed by atoms with Crippen LogP contribution in [0, 0.1) is 0 Å². The van der Waals surface area contributed by atoms with Crippen molar-refractivity contribution in [1.82, 2.24) is 5.32 Å². The molecule has 0 saturated heterocycles. The second kappa shape index (κ2) is 7.05. The van der Waals surface area contributed by atoms with Gasteiger partial charge in [0.2, 0.25) is 0 Å². The molecule has 4 heteroatoms. The van der Waals surface area contributed by atoms with Gasteiger partial charge in [0, 0.05) is 40.4 Å². The molecule has 0 amide bonds. The minimum absolute atomic E-state index is 0.294. The summed E-state index contributed by atoms with van der Waals surface area (Å²) in [5, 5.41) is 4.15. The molecule has 1 aromatic rings. The van der Waals surface area contributed by atoms with Gasteiger partial charge in [0.25, 0.3) is 0 Å². The lowest BCUT2D eigenvalue weighted by Gasteiger charge is -2.17. The number of hydrogen-bond acceptors (Lipinski definition) is 2. The number of benzene rings is 1. The fraction of sp³-hybridized carbons (Fsp3) is 0.500. The fourth-order valence-corrected chi connectivity index (χ4v) is 2.20. The summed E-state index contributed by atoms with van der Waals surface area (Å²) < 4.78 is 11.0. The Morgan fingerprint density at radius 2 is 2.25 bits per heavy atom. The summed E-state index contributed by atoms with van der Waals surface area (Å²) in [7, 11) is -0.733. The van der Waals surface area contributed by atoms with E-state index in [0.29, 0.717) is 11.8 Å². The topological polar surface area (TPSA) is 29.1 Å². The van der Waals surface area contributed by atoms with Crippen molar-refractivity contribution in [3.63, 3.8) is 0 Å². The van der Waals surface area contributed by atoms with Crippen molar-refractivity contribution in [2.24, 2.45) is 0 Å². The van der Waals surface area contributed by atoms with E-state index >= 15 is 0 Å². The number of rotatable bonds is 6. The van der Waals surface area contributed by atoms with Crippen LogP contribution in [0.4, 0.5) is 0 Å². The molecular formula is C12H18ClNOS. The highest BCUT2D eigenvalue weighted by Gasteiger charge is 2.08. The summed E-state index contributed by atoms with van der Waals surface area (Å²) in [5.74, 6) is 0.692. The maximum Gasteiger partial charge on any atom is 0.0409 e. The zero-order valence-electron chi connectivity index (χ0n) is 9.70. The van der Waals surface area contributed by atoms with Crippen LogP contribution in [-0.2, 0) is 10.8 Å². The number of nitrogens with one attached hydrogen (secondary N) is 1. The molecule has 1 rings (SSSR count). The Morgan fingerprint density at radius 1 is 1.50 bits per heavy atom. The molecule has 0 saturated carbocycles. The van der Waals surface area contributed by atoms with Crippen molar-refractivity contribution < 1.29 is 4.21 Å². The largest absolute Gasteiger partial charge is 0.309 e. The molecule has 2 unspecified atom stereocenters. The summed E-state index contributed by atoms with van der Waals surface area (Å²) >= 11 is 5.95. The molecule has 0 aromatic heterocycles. The van der Waals surface area contributed by atoms with Gasteiger partial charge in [0.15, 0.2) is 0 Å². The predicted octanol–water partition coefficient (Wildman–Crippen LogP) is 2.76. The smallest absolute Gasteiger partial charge is 0.0409 e. The van der Waals surface area contributed by atoms with E-state index in [1.54, 1.807) is 6.26 Å². The molecule has 0 bridgehead atoms. The van der Waals surface area contributed by atoms with Gasteiger partial charge in [-0.15, -0.1) is 0 Å². The standard InChI is InChI=1S/C12H18ClNOS/c1-3-12(14-7-8-16(2)15)10-5-4-6-11(13)9-10/h4-6,9,12,14H,3,7-8H2,1-2H3. The lowest BCUT2D eigenvalue weighted by atomic mass is 10.0. The van der Waals surface area contributed by atoms with Gasteiger partial charge in [0.05, 0.1) is 0 Å². The van der Waals surface area contributed by atoms with Crippen LogP contribution in [0.2, 0.25) is 5.02 Å². The fourth-order valence-electron chi connectivity index (χ4n) is 1.60. The van der Waals surface area contributed by atoms with E-state index in [2.05, 4.69) is 18.3 Å². The molecule has 0 aliphatic carbocycles. The first-order valence-electron chi connectivity index (χ1n) is 5.42. The van der Waals surface area contributed by atoms with Crippen LogP contribution in [0.3, 0.4) is 0 Å². The Labute approximate surface area is 105 Å². The normalized spacial score (nSPS) is 14.7. The SMILES string of the molecule is CCC(NCCS(C)=O)c1cccc(Cl)c1. The van der Waals surface area contributed by atoms with Gasteiger partial charge in [-0.1, -0.05) is 30.7 Å². The first kappa shape index (κ1) is 13.7. The Balaban J connectivity index is 2.57. The molecule has 90 valence electrons. The van der Waals surface area contributed by atoms with Gasteiger partial charge in [0.1, 0.15) is 0 Å². The highest BCUT2D eigenvalue weighted by atomic mass is 35.5. The van der Waals surface area contributed by atoms with Gasteiger partial charge in [-0.05, 0) is 24.1 Å². The number of halogens is 1. The zero-order chi connectivity index (χ0) is 12.0. The van der Waals surface area contributed by atoms with E-state index in [0.717, 1.165) is 18.0 Å². The van der Waals surface area contributed by atoms with Crippen LogP contribution in [0.25, 0.3) is 0 Å². The van der Waals surface area contributed by atoms with Crippen LogP contribution in [0.15, 0.2) is 24.3 Å². The third-order valence-electron chi connectivity index (χ3n) is 2.44. The van der Waals surface area contributed by atoms with E-state index in [9.17, 15) is 4.21 Å². The maximum absolute atomic E-state index is 11.0. The molecule has 0 radical (unpaired) electrons. The third-order valence-corrected chi connectivity index (χ3v) is 3.45. The summed E-state index contributed by atoms with van der Waals surface area (Å²) in [4.78, 5) is 0. The Kier molecular flexibility index (Phi) is 6.03. The molecule has 0 heterocycles. The van der Waals surface area contributed by atoms with E-state index in [-0.39, 0.29) is 0 Å². The third kappa shape index (κ3) is 4.64. The second-order valence-electron chi connectivity index (χ2n) is 3.75. The molecule has 2 nitrogen and oxygen atoms in total. The van der Waals surface area contributed by atoms with Crippen molar-refractivity contribution in [2.45, 2.75) is 19.4 Å². The first-order valence-corrected chi connectivity index (χ1v) is 7.53. The van der Waals surface area contributed by atoms with E-state index in [4.69, 9.17) is 11.6 Å². The minimum atomic E-state index is -0.733. The van der Waals surface area contributed by atoms with Crippen molar-refractivity contribution >= 4 is 22.4 Å². The Morgan fingerprint density at radius 3 is 2.81 bits per heavy atom. The van der Waals surface area contributed by atoms with Crippen LogP contribution >= 0.6 is 11.6 Å². The highest BCUT2D eigenvalue weighted by Crippen LogP contribution is 2.19. The van der Waals surface area contributed by atoms with E-state index < -0.39 is 10.8 Å². The molecule has 0 aliphatic rings. The zero-order valence-corrected chi connectivity index (χ0v) is 11.3. The quantitative estimate of drug-likeness (QED) is 0.851. The van der Waals surface area contributed by atoms with Crippen LogP contribution in [0.5, 0.6) is 0 Å². The molecule has 2 atom stereocenters. The summed E-state index contributed by atoms with van der Waals surface area (Å²) in [6.07, 6.45) is 2.72. The second-order valence-corrected chi connectivity index (χ2v) is 5.74. The van der Waals surface area contributed by atoms with Crippen molar-refractivity contribution in [1.29, 1.82) is 0 Å². The average Bonchev–Trinajstić information content (AvgIpc) is 2.24. The lowest BCUT2D eigenvalue weighted by molar-refractivity contribution is 0.538. The minimum Gasteiger partial charge on any atom is -0.309 e. The van der Waals surface area contributed by atoms with Gasteiger partial charge in [-0.2, -0.15) is 0 Å². The van der Waals surface area contributed by atoms with Crippen molar-refractivity contribution in [3.8, 4) is 0 Å². The molecule has 1 aromatic carbocycles. The maximum atomic E-state index is 11.0. The molecule has 0 spiro atoms. The predicted molar refractivity (Wildman–Crippen MR) is 71.4 cm³/mol. The molecule has 1 N–H and O–H groups in total. The summed E-state index contributed by atoms with van der Waals surface area (Å²) in [6.45, 7) is 2.90. The lowest BCUT2D eigenvalue weighted by Crippen LogP contribution is -2.25. The Hall–Kier alpha value is -0.380. The van der Waals surface area contributed by atoms with E-state index in [1.807, 2.05) is 18.2 Å². The number of hydrogen-bond donors (Lipinski definition) is 1. The van der Waals surface area contributed by atoms with Crippen molar-refractivity contribution in [2.75, 3.05) is 18.6 Å². The van der Waals surface area contributed by atoms with Gasteiger partial charge in [-0.3, -0.25) is 4.21 Å². The molecule has 0 aliphatic heterocycles. The van der Waals surface area contributed by atoms with Gasteiger partial charge < -0.3 is 5.32 Å². The molecular weight excluding hydrogens is 242 g/mol. The van der Waals surface area contributed by atoms with Crippen LogP contribution in [-0.4, -0.2) is 22.8 Å². The molecule has 16 heavy (non-hydrogen) atoms. The van der Waals surface area contributed by atoms with Crippen molar-refractivity contribution in [3.05, 3.63) is 34.9 Å². The molecule has 0 fully saturated rings. The van der Waals surface area contributed by atoms with E-state index in [1.165, 1.54) is 5.56 Å². The van der Waals surface area contributed by atoms with Crippen LogP contribution < -0.4 is 5.32 Å². The monoisotopic (exact) mass is 259 g/mol.